The zero-order valence-corrected chi connectivity index (χ0v) is 25.0. The highest BCUT2D eigenvalue weighted by atomic mass is 19.1. The number of benzene rings is 2. The highest BCUT2D eigenvalue weighted by Crippen LogP contribution is 2.34. The summed E-state index contributed by atoms with van der Waals surface area (Å²) in [5.74, 6) is 0.822. The average molecular weight is 609 g/mol. The second kappa shape index (κ2) is 13.4. The fourth-order valence-corrected chi connectivity index (χ4v) is 5.29. The van der Waals surface area contributed by atoms with E-state index in [0.29, 0.717) is 52.2 Å². The molecule has 0 radical (unpaired) electrons. The standard InChI is InChI=1S/C19H24N4O4.C11H9FN2O3/c1-12-19(13(2)27-21-12)16-4-5-17(18(10-16)23(25)26)20-11-15-6-8-22(9-7-15)14(3)24;1-6-11(7(2)17-13-6)8-3-4-9(12)10(5-8)14(15)16/h4-5,10,15,20H,6-9,11H2,1-3H3;3-5H,1-2H3. The van der Waals surface area contributed by atoms with Crippen LogP contribution in [0.15, 0.2) is 45.4 Å². The van der Waals surface area contributed by atoms with E-state index >= 15 is 0 Å². The van der Waals surface area contributed by atoms with Crippen LogP contribution >= 0.6 is 0 Å². The summed E-state index contributed by atoms with van der Waals surface area (Å²) in [5, 5.41) is 33.1. The third kappa shape index (κ3) is 7.07. The van der Waals surface area contributed by atoms with Crippen LogP contribution in [-0.2, 0) is 4.79 Å². The number of hydrogen-bond acceptors (Lipinski definition) is 10. The van der Waals surface area contributed by atoms with Crippen molar-refractivity contribution in [1.29, 1.82) is 0 Å². The fraction of sp³-hybridized carbons (Fsp3) is 0.367. The zero-order valence-electron chi connectivity index (χ0n) is 25.0. The Kier molecular flexibility index (Phi) is 9.71. The molecule has 1 N–H and O–H groups in total. The summed E-state index contributed by atoms with van der Waals surface area (Å²) in [4.78, 5) is 34.3. The molecule has 4 aromatic rings. The van der Waals surface area contributed by atoms with Gasteiger partial charge in [0, 0.05) is 49.8 Å². The van der Waals surface area contributed by atoms with E-state index in [4.69, 9.17) is 9.05 Å². The first-order valence-electron chi connectivity index (χ1n) is 14.0. The first kappa shape index (κ1) is 31.8. The van der Waals surface area contributed by atoms with Gasteiger partial charge in [0.1, 0.15) is 17.2 Å². The lowest BCUT2D eigenvalue weighted by Crippen LogP contribution is -2.38. The molecule has 0 atom stereocenters. The molecule has 1 saturated heterocycles. The van der Waals surface area contributed by atoms with E-state index in [1.807, 2.05) is 17.9 Å². The number of piperidine rings is 1. The Morgan fingerprint density at radius 1 is 0.909 bits per heavy atom. The van der Waals surface area contributed by atoms with Crippen molar-refractivity contribution in [3.8, 4) is 22.3 Å². The van der Waals surface area contributed by atoms with Gasteiger partial charge in [-0.3, -0.25) is 25.0 Å². The molecule has 44 heavy (non-hydrogen) atoms. The number of nitrogens with one attached hydrogen (secondary N) is 1. The van der Waals surface area contributed by atoms with Gasteiger partial charge >= 0.3 is 5.69 Å². The summed E-state index contributed by atoms with van der Waals surface area (Å²) >= 11 is 0. The van der Waals surface area contributed by atoms with Gasteiger partial charge in [-0.1, -0.05) is 22.4 Å². The lowest BCUT2D eigenvalue weighted by Gasteiger charge is -2.31. The molecule has 13 nitrogen and oxygen atoms in total. The number of carbonyl (C=O) groups excluding carboxylic acids is 1. The molecular formula is C30H33FN6O7. The van der Waals surface area contributed by atoms with E-state index in [2.05, 4.69) is 15.6 Å². The molecule has 3 heterocycles. The predicted octanol–water partition coefficient (Wildman–Crippen LogP) is 6.54. The average Bonchev–Trinajstić information content (AvgIpc) is 3.51. The lowest BCUT2D eigenvalue weighted by atomic mass is 9.96. The molecule has 0 bridgehead atoms. The minimum atomic E-state index is -0.856. The number of nitro groups is 2. The Morgan fingerprint density at radius 3 is 1.86 bits per heavy atom. The van der Waals surface area contributed by atoms with Crippen LogP contribution in [0, 0.1) is 59.7 Å². The van der Waals surface area contributed by atoms with Crippen molar-refractivity contribution in [2.75, 3.05) is 25.0 Å². The number of rotatable bonds is 7. The number of hydrogen-bond donors (Lipinski definition) is 1. The third-order valence-corrected chi connectivity index (χ3v) is 7.62. The second-order valence-corrected chi connectivity index (χ2v) is 10.6. The van der Waals surface area contributed by atoms with Crippen LogP contribution in [-0.4, -0.2) is 50.6 Å². The summed E-state index contributed by atoms with van der Waals surface area (Å²) in [6.45, 7) is 10.8. The highest BCUT2D eigenvalue weighted by molar-refractivity contribution is 5.76. The van der Waals surface area contributed by atoms with Gasteiger partial charge in [0.25, 0.3) is 5.69 Å². The number of aryl methyl sites for hydroxylation is 4. The van der Waals surface area contributed by atoms with Gasteiger partial charge in [-0.15, -0.1) is 0 Å². The van der Waals surface area contributed by atoms with Crippen LogP contribution in [0.4, 0.5) is 21.5 Å². The van der Waals surface area contributed by atoms with Crippen molar-refractivity contribution in [2.45, 2.75) is 47.5 Å². The van der Waals surface area contributed by atoms with Gasteiger partial charge in [-0.25, -0.2) is 0 Å². The molecular weight excluding hydrogens is 575 g/mol. The highest BCUT2D eigenvalue weighted by Gasteiger charge is 2.23. The molecule has 0 aliphatic carbocycles. The Hall–Kier alpha value is -5.14. The van der Waals surface area contributed by atoms with Crippen molar-refractivity contribution in [1.82, 2.24) is 15.2 Å². The van der Waals surface area contributed by atoms with Crippen LogP contribution in [0.3, 0.4) is 0 Å². The Balaban J connectivity index is 0.000000223. The normalized spacial score (nSPS) is 13.3. The second-order valence-electron chi connectivity index (χ2n) is 10.6. The number of nitro benzene ring substituents is 2. The van der Waals surface area contributed by atoms with E-state index < -0.39 is 16.4 Å². The molecule has 1 aliphatic rings. The van der Waals surface area contributed by atoms with Gasteiger partial charge in [0.15, 0.2) is 0 Å². The molecule has 14 heteroatoms. The molecule has 1 aliphatic heterocycles. The van der Waals surface area contributed by atoms with Crippen LogP contribution in [0.5, 0.6) is 0 Å². The quantitative estimate of drug-likeness (QED) is 0.179. The number of aromatic nitrogens is 2. The van der Waals surface area contributed by atoms with Crippen LogP contribution in [0.2, 0.25) is 0 Å². The van der Waals surface area contributed by atoms with E-state index in [0.717, 1.165) is 43.1 Å². The molecule has 5 rings (SSSR count). The van der Waals surface area contributed by atoms with E-state index in [-0.39, 0.29) is 16.5 Å². The summed E-state index contributed by atoms with van der Waals surface area (Å²) in [6, 6.07) is 8.87. The number of anilines is 1. The van der Waals surface area contributed by atoms with E-state index in [9.17, 15) is 29.4 Å². The maximum absolute atomic E-state index is 13.2. The van der Waals surface area contributed by atoms with Crippen molar-refractivity contribution in [3.63, 3.8) is 0 Å². The minimum absolute atomic E-state index is 0.0358. The predicted molar refractivity (Wildman–Crippen MR) is 160 cm³/mol. The summed E-state index contributed by atoms with van der Waals surface area (Å²) in [5.41, 5.74) is 4.01. The van der Waals surface area contributed by atoms with Crippen LogP contribution < -0.4 is 5.32 Å². The van der Waals surface area contributed by atoms with Crippen molar-refractivity contribution >= 4 is 23.0 Å². The molecule has 232 valence electrons. The van der Waals surface area contributed by atoms with Gasteiger partial charge in [-0.05, 0) is 69.7 Å². The number of amides is 1. The summed E-state index contributed by atoms with van der Waals surface area (Å²) in [7, 11) is 0. The van der Waals surface area contributed by atoms with Crippen LogP contribution in [0.25, 0.3) is 22.3 Å². The molecule has 1 fully saturated rings. The molecule has 0 spiro atoms. The maximum atomic E-state index is 13.2. The number of carbonyl (C=O) groups is 1. The zero-order chi connectivity index (χ0) is 32.1. The monoisotopic (exact) mass is 608 g/mol. The molecule has 1 amide bonds. The first-order valence-corrected chi connectivity index (χ1v) is 14.0. The maximum Gasteiger partial charge on any atom is 0.305 e. The summed E-state index contributed by atoms with van der Waals surface area (Å²) in [6.07, 6.45) is 1.80. The Bertz CT molecular complexity index is 1650. The van der Waals surface area contributed by atoms with Gasteiger partial charge in [-0.2, -0.15) is 4.39 Å². The third-order valence-electron chi connectivity index (χ3n) is 7.62. The lowest BCUT2D eigenvalue weighted by molar-refractivity contribution is -0.387. The molecule has 0 saturated carbocycles. The van der Waals surface area contributed by atoms with E-state index in [1.54, 1.807) is 39.8 Å². The topological polar surface area (TPSA) is 171 Å². The van der Waals surface area contributed by atoms with Gasteiger partial charge in [0.2, 0.25) is 11.7 Å². The first-order chi connectivity index (χ1) is 20.9. The fourth-order valence-electron chi connectivity index (χ4n) is 5.29. The molecule has 2 aromatic carbocycles. The van der Waals surface area contributed by atoms with Gasteiger partial charge < -0.3 is 19.3 Å². The van der Waals surface area contributed by atoms with E-state index in [1.165, 1.54) is 12.1 Å². The molecule has 2 aromatic heterocycles. The van der Waals surface area contributed by atoms with Gasteiger partial charge in [0.05, 0.1) is 21.2 Å². The molecule has 0 unspecified atom stereocenters. The Morgan fingerprint density at radius 2 is 1.41 bits per heavy atom. The van der Waals surface area contributed by atoms with Crippen molar-refractivity contribution < 1.29 is 28.1 Å². The summed E-state index contributed by atoms with van der Waals surface area (Å²) < 4.78 is 23.3. The SMILES string of the molecule is CC(=O)N1CCC(CNc2ccc(-c3c(C)noc3C)cc2[N+](=O)[O-])CC1.Cc1noc(C)c1-c1ccc(F)c([N+](=O)[O-])c1. The largest absolute Gasteiger partial charge is 0.379 e. The number of halogens is 1. The van der Waals surface area contributed by atoms with Crippen LogP contribution in [0.1, 0.15) is 42.7 Å². The minimum Gasteiger partial charge on any atom is -0.379 e. The van der Waals surface area contributed by atoms with Crippen molar-refractivity contribution in [3.05, 3.63) is 85.4 Å². The Labute approximate surface area is 252 Å². The number of nitrogens with zero attached hydrogens (tertiary/aromatic N) is 5. The smallest absolute Gasteiger partial charge is 0.305 e. The number of likely N-dealkylation sites (tertiary alicyclic amines) is 1. The van der Waals surface area contributed by atoms with Crippen molar-refractivity contribution in [2.24, 2.45) is 5.92 Å².